The van der Waals surface area contributed by atoms with Gasteiger partial charge in [-0.2, -0.15) is 0 Å². The van der Waals surface area contributed by atoms with Crippen LogP contribution in [0.2, 0.25) is 0 Å². The van der Waals surface area contributed by atoms with Crippen molar-refractivity contribution in [2.45, 2.75) is 103 Å². The zero-order valence-electron chi connectivity index (χ0n) is 24.5. The van der Waals surface area contributed by atoms with E-state index >= 15 is 4.39 Å². The van der Waals surface area contributed by atoms with Gasteiger partial charge in [0.25, 0.3) is 5.91 Å². The molecule has 1 aromatic carbocycles. The molecule has 1 saturated carbocycles. The number of unbranched alkanes of at least 4 members (excludes halogenated alkanes) is 1. The lowest BCUT2D eigenvalue weighted by atomic mass is 9.75. The van der Waals surface area contributed by atoms with Crippen LogP contribution in [0.1, 0.15) is 103 Å². The molecule has 11 heteroatoms. The summed E-state index contributed by atoms with van der Waals surface area (Å²) >= 11 is 0. The van der Waals surface area contributed by atoms with Crippen LogP contribution in [0.5, 0.6) is 0 Å². The number of hydrogen-bond acceptors (Lipinski definition) is 8. The van der Waals surface area contributed by atoms with E-state index in [0.717, 1.165) is 29.8 Å². The number of esters is 1. The number of anilines is 1. The van der Waals surface area contributed by atoms with E-state index in [2.05, 4.69) is 19.2 Å². The second-order valence-corrected chi connectivity index (χ2v) is 12.7. The molecule has 10 nitrogen and oxygen atoms in total. The Hall–Kier alpha value is -3.28. The number of carbonyl (C=O) groups is 3. The summed E-state index contributed by atoms with van der Waals surface area (Å²) in [7, 11) is 0. The molecule has 0 bridgehead atoms. The third-order valence-corrected chi connectivity index (χ3v) is 8.70. The molecule has 228 valence electrons. The van der Waals surface area contributed by atoms with Crippen molar-refractivity contribution in [1.82, 2.24) is 4.57 Å². The van der Waals surface area contributed by atoms with Gasteiger partial charge >= 0.3 is 5.97 Å². The second kappa shape index (κ2) is 12.1. The van der Waals surface area contributed by atoms with Crippen molar-refractivity contribution in [3.05, 3.63) is 46.0 Å². The minimum atomic E-state index is -0.868. The number of fused-ring (bicyclic) bond motifs is 3. The second-order valence-electron chi connectivity index (χ2n) is 12.7. The van der Waals surface area contributed by atoms with E-state index in [9.17, 15) is 14.4 Å². The molecule has 1 fully saturated rings. The van der Waals surface area contributed by atoms with Crippen LogP contribution in [0, 0.1) is 11.2 Å². The smallest absolute Gasteiger partial charge is 0.323 e. The molecule has 2 aromatic rings. The predicted molar refractivity (Wildman–Crippen MR) is 156 cm³/mol. The lowest BCUT2D eigenvalue weighted by Gasteiger charge is -2.31. The fraction of sp³-hybridized carbons (Fsp3) is 0.581. The molecule has 3 aliphatic rings. The van der Waals surface area contributed by atoms with Crippen LogP contribution in [-0.4, -0.2) is 47.0 Å². The monoisotopic (exact) mass is 583 g/mol. The molecule has 42 heavy (non-hydrogen) atoms. The minimum absolute atomic E-state index is 0.0725. The Morgan fingerprint density at radius 1 is 1.14 bits per heavy atom. The highest BCUT2D eigenvalue weighted by Gasteiger charge is 2.39. The molecule has 5 rings (SSSR count). The van der Waals surface area contributed by atoms with Crippen molar-refractivity contribution < 1.29 is 28.2 Å². The Bertz CT molecular complexity index is 1380. The number of hydrogen-bond donors (Lipinski definition) is 4. The molecule has 2 heterocycles. The Balaban J connectivity index is 1.36. The van der Waals surface area contributed by atoms with Crippen LogP contribution >= 0.6 is 0 Å². The SMILES string of the molecule is CC1(C)CC(=O)c2c3c(n(-c4cc(F)c(C(N)=O)c(N[C@H]5CC[C@H](OC(=O)[C@@H](N)CCCCN)CC5)c4)c2C1)COC3. The lowest BCUT2D eigenvalue weighted by Crippen LogP contribution is -2.37. The Labute approximate surface area is 245 Å². The maximum atomic E-state index is 15.6. The Kier molecular flexibility index (Phi) is 8.73. The Morgan fingerprint density at radius 2 is 1.88 bits per heavy atom. The van der Waals surface area contributed by atoms with Gasteiger partial charge in [-0.3, -0.25) is 14.4 Å². The van der Waals surface area contributed by atoms with E-state index in [1.807, 2.05) is 4.57 Å². The number of amides is 1. The van der Waals surface area contributed by atoms with E-state index < -0.39 is 23.7 Å². The highest BCUT2D eigenvalue weighted by atomic mass is 19.1. The van der Waals surface area contributed by atoms with Gasteiger partial charge in [0.2, 0.25) is 0 Å². The summed E-state index contributed by atoms with van der Waals surface area (Å²) in [5.74, 6) is -1.93. The maximum absolute atomic E-state index is 15.6. The molecule has 1 amide bonds. The number of rotatable bonds is 10. The zero-order valence-corrected chi connectivity index (χ0v) is 24.5. The first kappa shape index (κ1) is 30.2. The number of nitrogens with one attached hydrogen (secondary N) is 1. The average Bonchev–Trinajstić information content (AvgIpc) is 3.48. The number of nitrogens with two attached hydrogens (primary N) is 3. The highest BCUT2D eigenvalue weighted by molar-refractivity contribution is 6.01. The van der Waals surface area contributed by atoms with Gasteiger partial charge in [0, 0.05) is 29.3 Å². The number of carbonyl (C=O) groups excluding carboxylic acids is 3. The quantitative estimate of drug-likeness (QED) is 0.243. The van der Waals surface area contributed by atoms with Gasteiger partial charge in [-0.15, -0.1) is 0 Å². The summed E-state index contributed by atoms with van der Waals surface area (Å²) in [6.45, 7) is 5.33. The van der Waals surface area contributed by atoms with Crippen LogP contribution < -0.4 is 22.5 Å². The number of halogens is 1. The summed E-state index contributed by atoms with van der Waals surface area (Å²) in [6, 6.07) is 2.30. The van der Waals surface area contributed by atoms with E-state index in [-0.39, 0.29) is 28.9 Å². The summed E-state index contributed by atoms with van der Waals surface area (Å²) in [5, 5.41) is 3.35. The normalized spacial score (nSPS) is 21.9. The molecule has 7 N–H and O–H groups in total. The van der Waals surface area contributed by atoms with Crippen molar-refractivity contribution in [2.75, 3.05) is 11.9 Å². The van der Waals surface area contributed by atoms with Crippen molar-refractivity contribution in [2.24, 2.45) is 22.6 Å². The summed E-state index contributed by atoms with van der Waals surface area (Å²) in [6.07, 6.45) is 5.49. The average molecular weight is 584 g/mol. The number of Topliss-reactive ketones (excluding diaryl/α,β-unsaturated/α-hetero) is 1. The maximum Gasteiger partial charge on any atom is 0.323 e. The van der Waals surface area contributed by atoms with Crippen molar-refractivity contribution >= 4 is 23.3 Å². The number of aromatic nitrogens is 1. The number of primary amides is 1. The van der Waals surface area contributed by atoms with E-state index in [1.165, 1.54) is 6.07 Å². The number of nitrogens with zero attached hydrogens (tertiary/aromatic N) is 1. The summed E-state index contributed by atoms with van der Waals surface area (Å²) < 4.78 is 28.9. The molecule has 0 radical (unpaired) electrons. The molecular formula is C31H42FN5O5. The van der Waals surface area contributed by atoms with E-state index in [0.29, 0.717) is 81.6 Å². The summed E-state index contributed by atoms with van der Waals surface area (Å²) in [4.78, 5) is 37.9. The minimum Gasteiger partial charge on any atom is -0.461 e. The van der Waals surface area contributed by atoms with Crippen LogP contribution in [0.4, 0.5) is 10.1 Å². The van der Waals surface area contributed by atoms with Crippen molar-refractivity contribution in [1.29, 1.82) is 0 Å². The number of ether oxygens (including phenoxy) is 2. The number of ketones is 1. The van der Waals surface area contributed by atoms with Crippen LogP contribution in [0.15, 0.2) is 12.1 Å². The van der Waals surface area contributed by atoms with E-state index in [1.54, 1.807) is 6.07 Å². The van der Waals surface area contributed by atoms with Crippen LogP contribution in [0.3, 0.4) is 0 Å². The van der Waals surface area contributed by atoms with Gasteiger partial charge in [0.1, 0.15) is 18.0 Å². The van der Waals surface area contributed by atoms with Crippen LogP contribution in [0.25, 0.3) is 5.69 Å². The fourth-order valence-corrected chi connectivity index (χ4v) is 6.64. The molecule has 2 aliphatic carbocycles. The summed E-state index contributed by atoms with van der Waals surface area (Å²) in [5.41, 5.74) is 20.7. The van der Waals surface area contributed by atoms with Crippen molar-refractivity contribution in [3.8, 4) is 5.69 Å². The fourth-order valence-electron chi connectivity index (χ4n) is 6.64. The van der Waals surface area contributed by atoms with E-state index in [4.69, 9.17) is 26.7 Å². The van der Waals surface area contributed by atoms with Gasteiger partial charge < -0.3 is 36.6 Å². The zero-order chi connectivity index (χ0) is 30.2. The lowest BCUT2D eigenvalue weighted by molar-refractivity contribution is -0.152. The third-order valence-electron chi connectivity index (χ3n) is 8.70. The molecule has 1 aromatic heterocycles. The van der Waals surface area contributed by atoms with Crippen LogP contribution in [-0.2, 0) is 33.9 Å². The third kappa shape index (κ3) is 6.09. The first-order valence-electron chi connectivity index (χ1n) is 14.9. The molecule has 0 saturated heterocycles. The van der Waals surface area contributed by atoms with Gasteiger partial charge in [0.05, 0.1) is 35.8 Å². The molecule has 0 unspecified atom stereocenters. The van der Waals surface area contributed by atoms with Gasteiger partial charge in [-0.1, -0.05) is 20.3 Å². The number of benzene rings is 1. The first-order chi connectivity index (χ1) is 20.0. The highest BCUT2D eigenvalue weighted by Crippen LogP contribution is 2.43. The molecule has 1 aliphatic heterocycles. The Morgan fingerprint density at radius 3 is 2.57 bits per heavy atom. The van der Waals surface area contributed by atoms with Crippen molar-refractivity contribution in [3.63, 3.8) is 0 Å². The molecule has 0 spiro atoms. The van der Waals surface area contributed by atoms with Gasteiger partial charge in [-0.05, 0) is 69.0 Å². The predicted octanol–water partition coefficient (Wildman–Crippen LogP) is 3.62. The topological polar surface area (TPSA) is 165 Å². The van der Waals surface area contributed by atoms with Gasteiger partial charge in [0.15, 0.2) is 5.78 Å². The largest absolute Gasteiger partial charge is 0.461 e. The molecular weight excluding hydrogens is 541 g/mol. The first-order valence-corrected chi connectivity index (χ1v) is 14.9. The van der Waals surface area contributed by atoms with Gasteiger partial charge in [-0.25, -0.2) is 4.39 Å². The molecule has 1 atom stereocenters. The standard InChI is InChI=1S/C31H42FN5O5/c1-31(2)13-24-27(26(38)14-31)20-15-41-16-25(20)37(24)18-11-21(32)28(29(35)39)23(12-18)36-17-6-8-19(9-7-17)42-30(40)22(34)5-3-4-10-33/h11-12,17,19,22,36H,3-10,13-16,33-34H2,1-2H3,(H2,35,39)/t17-,19-,22-/m0/s1.